The number of hydrogen-bond donors (Lipinski definition) is 1. The average Bonchev–Trinajstić information content (AvgIpc) is 2.80. The molecule has 1 atom stereocenters. The van der Waals surface area contributed by atoms with Crippen molar-refractivity contribution in [3.8, 4) is 5.75 Å². The molecule has 0 bridgehead atoms. The fourth-order valence-electron chi connectivity index (χ4n) is 4.09. The Morgan fingerprint density at radius 1 is 1.10 bits per heavy atom. The van der Waals surface area contributed by atoms with E-state index in [0.717, 1.165) is 34.9 Å². The molecule has 3 aromatic rings. The second-order valence-electron chi connectivity index (χ2n) is 7.94. The Bertz CT molecular complexity index is 1120. The number of nitrogens with zero attached hydrogens (tertiary/aromatic N) is 1. The van der Waals surface area contributed by atoms with E-state index in [1.54, 1.807) is 18.1 Å². The fourth-order valence-corrected chi connectivity index (χ4v) is 4.36. The van der Waals surface area contributed by atoms with Crippen LogP contribution in [0.1, 0.15) is 28.8 Å². The molecular formula is C25H25ClN2O3. The minimum atomic E-state index is -0.223. The maximum atomic E-state index is 13.2. The van der Waals surface area contributed by atoms with E-state index in [0.29, 0.717) is 29.4 Å². The van der Waals surface area contributed by atoms with Gasteiger partial charge in [0.15, 0.2) is 5.78 Å². The van der Waals surface area contributed by atoms with Gasteiger partial charge in [-0.2, -0.15) is 0 Å². The molecule has 31 heavy (non-hydrogen) atoms. The van der Waals surface area contributed by atoms with Gasteiger partial charge in [-0.25, -0.2) is 4.79 Å². The lowest BCUT2D eigenvalue weighted by Gasteiger charge is -2.32. The highest BCUT2D eigenvalue weighted by atomic mass is 35.5. The van der Waals surface area contributed by atoms with E-state index in [4.69, 9.17) is 16.3 Å². The number of carbonyl (C=O) groups excluding carboxylic acids is 2. The molecule has 1 aliphatic heterocycles. The lowest BCUT2D eigenvalue weighted by Crippen LogP contribution is -2.44. The lowest BCUT2D eigenvalue weighted by atomic mass is 9.89. The SMILES string of the molecule is COc1ccc2cc(C(=O)[C@@H]3CCCN(C(=O)Nc4c(C)cccc4Cl)C3)ccc2c1. The van der Waals surface area contributed by atoms with E-state index >= 15 is 0 Å². The monoisotopic (exact) mass is 436 g/mol. The molecule has 1 heterocycles. The van der Waals surface area contributed by atoms with Gasteiger partial charge in [0, 0.05) is 24.6 Å². The third-order valence-corrected chi connectivity index (χ3v) is 6.18. The molecule has 3 aromatic carbocycles. The van der Waals surface area contributed by atoms with Crippen molar-refractivity contribution in [1.82, 2.24) is 4.90 Å². The number of likely N-dealkylation sites (tertiary alicyclic amines) is 1. The summed E-state index contributed by atoms with van der Waals surface area (Å²) in [6, 6.07) is 16.8. The molecule has 6 heteroatoms. The van der Waals surface area contributed by atoms with Gasteiger partial charge in [0.2, 0.25) is 0 Å². The quantitative estimate of drug-likeness (QED) is 0.515. The number of benzene rings is 3. The summed E-state index contributed by atoms with van der Waals surface area (Å²) in [5, 5.41) is 5.44. The molecule has 160 valence electrons. The molecule has 0 aliphatic carbocycles. The van der Waals surface area contributed by atoms with Crippen LogP contribution in [0.4, 0.5) is 10.5 Å². The molecule has 1 aliphatic rings. The average molecular weight is 437 g/mol. The molecule has 5 nitrogen and oxygen atoms in total. The molecule has 0 unspecified atom stereocenters. The number of carbonyl (C=O) groups is 2. The van der Waals surface area contributed by atoms with E-state index < -0.39 is 0 Å². The first-order chi connectivity index (χ1) is 15.0. The van der Waals surface area contributed by atoms with Crippen LogP contribution < -0.4 is 10.1 Å². The van der Waals surface area contributed by atoms with Crippen LogP contribution in [0.15, 0.2) is 54.6 Å². The normalized spacial score (nSPS) is 16.2. The van der Waals surface area contributed by atoms with Crippen molar-refractivity contribution in [2.24, 2.45) is 5.92 Å². The molecule has 0 saturated carbocycles. The number of ketones is 1. The van der Waals surface area contributed by atoms with Gasteiger partial charge in [-0.3, -0.25) is 4.79 Å². The standard InChI is InChI=1S/C25H25ClN2O3/c1-16-5-3-7-22(26)23(16)27-25(30)28-12-4-6-20(15-28)24(29)19-9-8-18-14-21(31-2)11-10-17(18)13-19/h3,5,7-11,13-14,20H,4,6,12,15H2,1-2H3,(H,27,30)/t20-/m1/s1. The first-order valence-electron chi connectivity index (χ1n) is 10.4. The summed E-state index contributed by atoms with van der Waals surface area (Å²) in [5.74, 6) is 0.640. The van der Waals surface area contributed by atoms with Crippen molar-refractivity contribution in [2.75, 3.05) is 25.5 Å². The van der Waals surface area contributed by atoms with Crippen molar-refractivity contribution in [2.45, 2.75) is 19.8 Å². The summed E-state index contributed by atoms with van der Waals surface area (Å²) in [6.07, 6.45) is 1.56. The zero-order valence-corrected chi connectivity index (χ0v) is 18.4. The summed E-state index contributed by atoms with van der Waals surface area (Å²) in [6.45, 7) is 2.92. The van der Waals surface area contributed by atoms with E-state index in [2.05, 4.69) is 5.32 Å². The first kappa shape index (κ1) is 21.2. The molecular weight excluding hydrogens is 412 g/mol. The van der Waals surface area contributed by atoms with Gasteiger partial charge >= 0.3 is 6.03 Å². The number of methoxy groups -OCH3 is 1. The molecule has 0 radical (unpaired) electrons. The summed E-state index contributed by atoms with van der Waals surface area (Å²) < 4.78 is 5.27. The van der Waals surface area contributed by atoms with E-state index in [1.165, 1.54) is 0 Å². The number of Topliss-reactive ketones (excluding diaryl/α,β-unsaturated/α-hetero) is 1. The number of fused-ring (bicyclic) bond motifs is 1. The van der Waals surface area contributed by atoms with Crippen molar-refractivity contribution in [1.29, 1.82) is 0 Å². The zero-order chi connectivity index (χ0) is 22.0. The van der Waals surface area contributed by atoms with Crippen LogP contribution in [-0.4, -0.2) is 36.9 Å². The van der Waals surface area contributed by atoms with Crippen LogP contribution in [0.2, 0.25) is 5.02 Å². The number of ether oxygens (including phenoxy) is 1. The number of anilines is 1. The van der Waals surface area contributed by atoms with Crippen LogP contribution in [-0.2, 0) is 0 Å². The number of aryl methyl sites for hydroxylation is 1. The predicted octanol–water partition coefficient (Wildman–Crippen LogP) is 5.94. The van der Waals surface area contributed by atoms with Crippen LogP contribution in [0, 0.1) is 12.8 Å². The third-order valence-electron chi connectivity index (χ3n) is 5.87. The minimum absolute atomic E-state index is 0.0733. The van der Waals surface area contributed by atoms with Gasteiger partial charge in [0.25, 0.3) is 0 Å². The zero-order valence-electron chi connectivity index (χ0n) is 17.7. The number of hydrogen-bond acceptors (Lipinski definition) is 3. The predicted molar refractivity (Wildman–Crippen MR) is 124 cm³/mol. The lowest BCUT2D eigenvalue weighted by molar-refractivity contribution is 0.0851. The van der Waals surface area contributed by atoms with Gasteiger partial charge in [0.1, 0.15) is 5.75 Å². The summed E-state index contributed by atoms with van der Waals surface area (Å²) in [7, 11) is 1.64. The number of amides is 2. The Labute approximate surface area is 186 Å². The van der Waals surface area contributed by atoms with E-state index in [9.17, 15) is 9.59 Å². The van der Waals surface area contributed by atoms with Crippen molar-refractivity contribution < 1.29 is 14.3 Å². The van der Waals surface area contributed by atoms with Crippen LogP contribution in [0.3, 0.4) is 0 Å². The number of piperidine rings is 1. The van der Waals surface area contributed by atoms with Crippen molar-refractivity contribution >= 4 is 39.9 Å². The molecule has 0 aromatic heterocycles. The summed E-state index contributed by atoms with van der Waals surface area (Å²) >= 11 is 6.24. The Morgan fingerprint density at radius 3 is 2.65 bits per heavy atom. The maximum Gasteiger partial charge on any atom is 0.321 e. The fraction of sp³-hybridized carbons (Fsp3) is 0.280. The van der Waals surface area contributed by atoms with Crippen LogP contribution in [0.25, 0.3) is 10.8 Å². The highest BCUT2D eigenvalue weighted by Crippen LogP contribution is 2.28. The van der Waals surface area contributed by atoms with Gasteiger partial charge in [-0.05, 0) is 60.4 Å². The van der Waals surface area contributed by atoms with Gasteiger partial charge in [0.05, 0.1) is 17.8 Å². The second kappa shape index (κ2) is 8.98. The third kappa shape index (κ3) is 4.52. The van der Waals surface area contributed by atoms with Crippen molar-refractivity contribution in [3.05, 3.63) is 70.7 Å². The van der Waals surface area contributed by atoms with Gasteiger partial charge < -0.3 is 15.0 Å². The summed E-state index contributed by atoms with van der Waals surface area (Å²) in [5.41, 5.74) is 2.19. The largest absolute Gasteiger partial charge is 0.497 e. The molecule has 1 saturated heterocycles. The highest BCUT2D eigenvalue weighted by molar-refractivity contribution is 6.33. The smallest absolute Gasteiger partial charge is 0.321 e. The molecule has 2 amide bonds. The number of halogens is 1. The van der Waals surface area contributed by atoms with Crippen LogP contribution in [0.5, 0.6) is 5.75 Å². The molecule has 4 rings (SSSR count). The van der Waals surface area contributed by atoms with E-state index in [-0.39, 0.29) is 17.7 Å². The molecule has 1 N–H and O–H groups in total. The first-order valence-corrected chi connectivity index (χ1v) is 10.8. The number of nitrogens with one attached hydrogen (secondary N) is 1. The summed E-state index contributed by atoms with van der Waals surface area (Å²) in [4.78, 5) is 27.8. The highest BCUT2D eigenvalue weighted by Gasteiger charge is 2.29. The number of para-hydroxylation sites is 1. The van der Waals surface area contributed by atoms with Crippen molar-refractivity contribution in [3.63, 3.8) is 0 Å². The minimum Gasteiger partial charge on any atom is -0.497 e. The maximum absolute atomic E-state index is 13.2. The number of urea groups is 1. The Kier molecular flexibility index (Phi) is 6.14. The Balaban J connectivity index is 1.48. The Hall–Kier alpha value is -3.05. The second-order valence-corrected chi connectivity index (χ2v) is 8.35. The number of rotatable bonds is 4. The topological polar surface area (TPSA) is 58.6 Å². The van der Waals surface area contributed by atoms with Gasteiger partial charge in [-0.15, -0.1) is 0 Å². The molecule has 1 fully saturated rings. The van der Waals surface area contributed by atoms with Gasteiger partial charge in [-0.1, -0.05) is 41.9 Å². The molecule has 0 spiro atoms. The van der Waals surface area contributed by atoms with E-state index in [1.807, 2.05) is 55.5 Å². The van der Waals surface area contributed by atoms with Crippen LogP contribution >= 0.6 is 11.6 Å². The Morgan fingerprint density at radius 2 is 1.87 bits per heavy atom.